The van der Waals surface area contributed by atoms with Crippen molar-refractivity contribution in [3.8, 4) is 0 Å². The molecule has 2 rings (SSSR count). The first-order valence-electron chi connectivity index (χ1n) is 6.82. The van der Waals surface area contributed by atoms with Crippen molar-refractivity contribution in [3.63, 3.8) is 0 Å². The van der Waals surface area contributed by atoms with Crippen LogP contribution in [-0.2, 0) is 6.54 Å². The molecule has 0 aliphatic carbocycles. The van der Waals surface area contributed by atoms with Gasteiger partial charge >= 0.3 is 0 Å². The second-order valence-electron chi connectivity index (χ2n) is 4.78. The number of hydrogen-bond acceptors (Lipinski definition) is 4. The minimum Gasteiger partial charge on any atom is -0.354 e. The van der Waals surface area contributed by atoms with Gasteiger partial charge in [-0.1, -0.05) is 19.1 Å². The highest BCUT2D eigenvalue weighted by atomic mass is 79.9. The SMILES string of the molecule is CCCNc1ncc(Br)c(N(C)Cc2cccc(F)c2)n1. The Kier molecular flexibility index (Phi) is 5.50. The summed E-state index contributed by atoms with van der Waals surface area (Å²) in [6.07, 6.45) is 2.73. The van der Waals surface area contributed by atoms with Gasteiger partial charge in [0.1, 0.15) is 11.6 Å². The van der Waals surface area contributed by atoms with Crippen LogP contribution in [0.5, 0.6) is 0 Å². The molecule has 0 unspecified atom stereocenters. The Morgan fingerprint density at radius 1 is 1.38 bits per heavy atom. The Morgan fingerprint density at radius 2 is 2.19 bits per heavy atom. The zero-order chi connectivity index (χ0) is 15.2. The minimum absolute atomic E-state index is 0.229. The van der Waals surface area contributed by atoms with Gasteiger partial charge in [0.05, 0.1) is 4.47 Å². The Bertz CT molecular complexity index is 606. The van der Waals surface area contributed by atoms with E-state index in [9.17, 15) is 4.39 Å². The summed E-state index contributed by atoms with van der Waals surface area (Å²) in [5.74, 6) is 1.14. The first-order chi connectivity index (χ1) is 10.1. The van der Waals surface area contributed by atoms with Crippen LogP contribution in [0, 0.1) is 5.82 Å². The van der Waals surface area contributed by atoms with E-state index in [1.54, 1.807) is 12.3 Å². The molecule has 1 N–H and O–H groups in total. The summed E-state index contributed by atoms with van der Waals surface area (Å²) in [5, 5.41) is 3.16. The number of benzene rings is 1. The lowest BCUT2D eigenvalue weighted by Gasteiger charge is -2.20. The molecule has 112 valence electrons. The quantitative estimate of drug-likeness (QED) is 0.857. The minimum atomic E-state index is -0.229. The molecule has 6 heteroatoms. The van der Waals surface area contributed by atoms with Crippen molar-refractivity contribution < 1.29 is 4.39 Å². The second kappa shape index (κ2) is 7.36. The summed E-state index contributed by atoms with van der Waals surface area (Å²) in [5.41, 5.74) is 0.895. The molecular formula is C15H18BrFN4. The summed E-state index contributed by atoms with van der Waals surface area (Å²) < 4.78 is 14.0. The van der Waals surface area contributed by atoms with E-state index in [2.05, 4.69) is 38.1 Å². The molecule has 1 aromatic heterocycles. The normalized spacial score (nSPS) is 10.5. The summed E-state index contributed by atoms with van der Waals surface area (Å²) in [7, 11) is 1.92. The second-order valence-corrected chi connectivity index (χ2v) is 5.63. The Morgan fingerprint density at radius 3 is 2.90 bits per heavy atom. The van der Waals surface area contributed by atoms with Gasteiger partial charge in [-0.05, 0) is 40.0 Å². The van der Waals surface area contributed by atoms with E-state index in [1.807, 2.05) is 18.0 Å². The molecule has 0 spiro atoms. The van der Waals surface area contributed by atoms with Crippen molar-refractivity contribution in [1.82, 2.24) is 9.97 Å². The van der Waals surface area contributed by atoms with Crippen molar-refractivity contribution >= 4 is 27.7 Å². The number of halogens is 2. The Hall–Kier alpha value is -1.69. The monoisotopic (exact) mass is 352 g/mol. The van der Waals surface area contributed by atoms with Crippen LogP contribution in [-0.4, -0.2) is 23.6 Å². The van der Waals surface area contributed by atoms with Crippen LogP contribution >= 0.6 is 15.9 Å². The molecule has 0 radical (unpaired) electrons. The first-order valence-corrected chi connectivity index (χ1v) is 7.61. The molecule has 0 saturated heterocycles. The van der Waals surface area contributed by atoms with Gasteiger partial charge in [0.2, 0.25) is 5.95 Å². The molecule has 1 heterocycles. The van der Waals surface area contributed by atoms with Crippen molar-refractivity contribution in [2.75, 3.05) is 23.8 Å². The maximum absolute atomic E-state index is 13.2. The van der Waals surface area contributed by atoms with Crippen LogP contribution in [0.4, 0.5) is 16.2 Å². The van der Waals surface area contributed by atoms with Crippen molar-refractivity contribution in [2.24, 2.45) is 0 Å². The lowest BCUT2D eigenvalue weighted by atomic mass is 10.2. The van der Waals surface area contributed by atoms with Gasteiger partial charge in [0.15, 0.2) is 0 Å². The molecule has 0 saturated carbocycles. The van der Waals surface area contributed by atoms with Crippen LogP contribution in [0.25, 0.3) is 0 Å². The molecule has 2 aromatic rings. The molecule has 0 bridgehead atoms. The Balaban J connectivity index is 2.15. The van der Waals surface area contributed by atoms with Gasteiger partial charge in [0.25, 0.3) is 0 Å². The summed E-state index contributed by atoms with van der Waals surface area (Å²) in [6.45, 7) is 3.48. The largest absolute Gasteiger partial charge is 0.354 e. The van der Waals surface area contributed by atoms with E-state index in [-0.39, 0.29) is 5.82 Å². The predicted octanol–water partition coefficient (Wildman–Crippen LogP) is 3.84. The summed E-state index contributed by atoms with van der Waals surface area (Å²) in [4.78, 5) is 10.7. The number of rotatable bonds is 6. The van der Waals surface area contributed by atoms with Crippen molar-refractivity contribution in [3.05, 3.63) is 46.3 Å². The lowest BCUT2D eigenvalue weighted by molar-refractivity contribution is 0.625. The van der Waals surface area contributed by atoms with Crippen LogP contribution in [0.1, 0.15) is 18.9 Å². The van der Waals surface area contributed by atoms with Crippen LogP contribution < -0.4 is 10.2 Å². The molecule has 21 heavy (non-hydrogen) atoms. The van der Waals surface area contributed by atoms with Gasteiger partial charge in [-0.3, -0.25) is 0 Å². The van der Waals surface area contributed by atoms with Gasteiger partial charge < -0.3 is 10.2 Å². The third-order valence-corrected chi connectivity index (χ3v) is 3.49. The standard InChI is InChI=1S/C15H18BrFN4/c1-3-7-18-15-19-9-13(16)14(20-15)21(2)10-11-5-4-6-12(17)8-11/h4-6,8-9H,3,7,10H2,1-2H3,(H,18,19,20). The number of nitrogens with one attached hydrogen (secondary N) is 1. The molecule has 0 aliphatic rings. The summed E-state index contributed by atoms with van der Waals surface area (Å²) >= 11 is 3.46. The van der Waals surface area contributed by atoms with E-state index in [0.717, 1.165) is 28.8 Å². The van der Waals surface area contributed by atoms with Crippen molar-refractivity contribution in [2.45, 2.75) is 19.9 Å². The number of aromatic nitrogens is 2. The third kappa shape index (κ3) is 4.39. The number of anilines is 2. The van der Waals surface area contributed by atoms with Crippen LogP contribution in [0.3, 0.4) is 0 Å². The highest BCUT2D eigenvalue weighted by Crippen LogP contribution is 2.24. The fourth-order valence-corrected chi connectivity index (χ4v) is 2.43. The van der Waals surface area contributed by atoms with Crippen LogP contribution in [0.15, 0.2) is 34.9 Å². The van der Waals surface area contributed by atoms with Gasteiger partial charge in [-0.15, -0.1) is 0 Å². The van der Waals surface area contributed by atoms with Crippen molar-refractivity contribution in [1.29, 1.82) is 0 Å². The average Bonchev–Trinajstić information content (AvgIpc) is 2.46. The first kappa shape index (κ1) is 15.7. The molecule has 4 nitrogen and oxygen atoms in total. The molecule has 0 aliphatic heterocycles. The molecule has 0 fully saturated rings. The fourth-order valence-electron chi connectivity index (χ4n) is 1.93. The van der Waals surface area contributed by atoms with E-state index in [4.69, 9.17) is 0 Å². The van der Waals surface area contributed by atoms with Gasteiger partial charge in [-0.2, -0.15) is 4.98 Å². The lowest BCUT2D eigenvalue weighted by Crippen LogP contribution is -2.19. The highest BCUT2D eigenvalue weighted by molar-refractivity contribution is 9.10. The third-order valence-electron chi connectivity index (χ3n) is 2.93. The topological polar surface area (TPSA) is 41.1 Å². The maximum Gasteiger partial charge on any atom is 0.224 e. The molecule has 1 aromatic carbocycles. The van der Waals surface area contributed by atoms with E-state index >= 15 is 0 Å². The smallest absolute Gasteiger partial charge is 0.224 e. The summed E-state index contributed by atoms with van der Waals surface area (Å²) in [6, 6.07) is 6.57. The number of nitrogens with zero attached hydrogens (tertiary/aromatic N) is 3. The van der Waals surface area contributed by atoms with E-state index in [0.29, 0.717) is 12.5 Å². The van der Waals surface area contributed by atoms with E-state index < -0.39 is 0 Å². The fraction of sp³-hybridized carbons (Fsp3) is 0.333. The maximum atomic E-state index is 13.2. The predicted molar refractivity (Wildman–Crippen MR) is 87.0 cm³/mol. The molecular weight excluding hydrogens is 335 g/mol. The van der Waals surface area contributed by atoms with Gasteiger partial charge in [0, 0.05) is 26.3 Å². The van der Waals surface area contributed by atoms with Gasteiger partial charge in [-0.25, -0.2) is 9.37 Å². The zero-order valence-corrected chi connectivity index (χ0v) is 13.7. The number of hydrogen-bond donors (Lipinski definition) is 1. The molecule has 0 amide bonds. The Labute approximate surface area is 132 Å². The molecule has 0 atom stereocenters. The zero-order valence-electron chi connectivity index (χ0n) is 12.1. The van der Waals surface area contributed by atoms with E-state index in [1.165, 1.54) is 12.1 Å². The average molecular weight is 353 g/mol. The van der Waals surface area contributed by atoms with Crippen LogP contribution in [0.2, 0.25) is 0 Å². The highest BCUT2D eigenvalue weighted by Gasteiger charge is 2.10.